The first-order valence-corrected chi connectivity index (χ1v) is 9.49. The van der Waals surface area contributed by atoms with E-state index in [0.717, 1.165) is 30.0 Å². The molecule has 1 aromatic carbocycles. The van der Waals surface area contributed by atoms with Crippen LogP contribution in [0.1, 0.15) is 18.2 Å². The lowest BCUT2D eigenvalue weighted by Gasteiger charge is -2.34. The Balaban J connectivity index is 1.71. The van der Waals surface area contributed by atoms with Gasteiger partial charge >= 0.3 is 5.97 Å². The first-order valence-electron chi connectivity index (χ1n) is 7.91. The molecule has 1 N–H and O–H groups in total. The molecule has 1 aliphatic rings. The van der Waals surface area contributed by atoms with Gasteiger partial charge in [-0.2, -0.15) is 0 Å². The summed E-state index contributed by atoms with van der Waals surface area (Å²) in [5.74, 6) is -0.535. The number of hydrogen-bond acceptors (Lipinski definition) is 3. The van der Waals surface area contributed by atoms with E-state index >= 15 is 0 Å². The van der Waals surface area contributed by atoms with E-state index < -0.39 is 5.97 Å². The van der Waals surface area contributed by atoms with Gasteiger partial charge in [0.2, 0.25) is 0 Å². The van der Waals surface area contributed by atoms with Crippen molar-refractivity contribution in [3.05, 3.63) is 45.3 Å². The third-order valence-electron chi connectivity index (χ3n) is 4.33. The maximum Gasteiger partial charge on any atom is 0.307 e. The molecule has 3 rings (SSSR count). The lowest BCUT2D eigenvalue weighted by Crippen LogP contribution is -2.41. The van der Waals surface area contributed by atoms with Gasteiger partial charge in [-0.3, -0.25) is 9.69 Å². The maximum atomic E-state index is 11.3. The largest absolute Gasteiger partial charge is 0.481 e. The highest BCUT2D eigenvalue weighted by atomic mass is 35.5. The summed E-state index contributed by atoms with van der Waals surface area (Å²) < 4.78 is 0. The lowest BCUT2D eigenvalue weighted by atomic mass is 9.90. The normalized spacial score (nSPS) is 21.8. The molecule has 0 spiro atoms. The van der Waals surface area contributed by atoms with Crippen molar-refractivity contribution < 1.29 is 9.90 Å². The van der Waals surface area contributed by atoms with Gasteiger partial charge in [0.1, 0.15) is 0 Å². The highest BCUT2D eigenvalue weighted by Gasteiger charge is 2.29. The zero-order valence-electron chi connectivity index (χ0n) is 13.3. The summed E-state index contributed by atoms with van der Waals surface area (Å²) in [5.41, 5.74) is 1.05. The minimum absolute atomic E-state index is 0.261. The predicted molar refractivity (Wildman–Crippen MR) is 100.0 cm³/mol. The molecule has 2 unspecified atom stereocenters. The Morgan fingerprint density at radius 2 is 2.04 bits per heavy atom. The molecule has 0 saturated carbocycles. The lowest BCUT2D eigenvalue weighted by molar-refractivity contribution is -0.144. The number of halogens is 2. The molecule has 2 atom stereocenters. The van der Waals surface area contributed by atoms with Crippen molar-refractivity contribution in [2.45, 2.75) is 19.9 Å². The van der Waals surface area contributed by atoms with Crippen LogP contribution in [0, 0.1) is 11.8 Å². The van der Waals surface area contributed by atoms with Crippen LogP contribution in [0.3, 0.4) is 0 Å². The maximum absolute atomic E-state index is 11.3. The molecular formula is C18H19Cl2NO2S. The van der Waals surface area contributed by atoms with E-state index in [-0.39, 0.29) is 5.92 Å². The summed E-state index contributed by atoms with van der Waals surface area (Å²) in [5, 5.41) is 10.4. The van der Waals surface area contributed by atoms with Gasteiger partial charge < -0.3 is 5.11 Å². The second-order valence-corrected chi connectivity index (χ2v) is 8.45. The summed E-state index contributed by atoms with van der Waals surface area (Å²) in [7, 11) is 0. The number of thiophene rings is 1. The number of piperidine rings is 1. The fourth-order valence-corrected chi connectivity index (χ4v) is 4.60. The van der Waals surface area contributed by atoms with Gasteiger partial charge in [0.25, 0.3) is 0 Å². The molecule has 1 aliphatic heterocycles. The number of nitrogens with zero attached hydrogens (tertiary/aromatic N) is 1. The quantitative estimate of drug-likeness (QED) is 0.781. The average molecular weight is 384 g/mol. The van der Waals surface area contributed by atoms with Crippen LogP contribution in [-0.2, 0) is 11.3 Å². The van der Waals surface area contributed by atoms with E-state index in [4.69, 9.17) is 23.2 Å². The van der Waals surface area contributed by atoms with Crippen molar-refractivity contribution in [2.75, 3.05) is 13.1 Å². The van der Waals surface area contributed by atoms with Gasteiger partial charge in [-0.15, -0.1) is 11.3 Å². The molecule has 0 aliphatic carbocycles. The Hall–Kier alpha value is -1.07. The second-order valence-electron chi connectivity index (χ2n) is 6.46. The highest BCUT2D eigenvalue weighted by molar-refractivity contribution is 7.15. The number of hydrogen-bond donors (Lipinski definition) is 1. The fourth-order valence-electron chi connectivity index (χ4n) is 3.26. The Bertz CT molecular complexity index is 746. The van der Waals surface area contributed by atoms with Crippen molar-refractivity contribution in [2.24, 2.45) is 11.8 Å². The summed E-state index contributed by atoms with van der Waals surface area (Å²) in [6.07, 6.45) is 0.769. The summed E-state index contributed by atoms with van der Waals surface area (Å²) in [6, 6.07) is 9.84. The SMILES string of the molecule is CC1CC(C(=O)O)CN(Cc2ccc(-c3ccc(Cl)c(Cl)c3)s2)C1. The minimum atomic E-state index is -0.686. The van der Waals surface area contributed by atoms with Gasteiger partial charge in [-0.25, -0.2) is 0 Å². The van der Waals surface area contributed by atoms with Crippen LogP contribution in [0.5, 0.6) is 0 Å². The van der Waals surface area contributed by atoms with Crippen molar-refractivity contribution in [1.29, 1.82) is 0 Å². The summed E-state index contributed by atoms with van der Waals surface area (Å²) in [6.45, 7) is 4.49. The zero-order chi connectivity index (χ0) is 17.3. The van der Waals surface area contributed by atoms with E-state index in [1.54, 1.807) is 11.3 Å². The molecule has 3 nitrogen and oxygen atoms in total. The molecule has 0 bridgehead atoms. The van der Waals surface area contributed by atoms with Gasteiger partial charge in [0, 0.05) is 29.4 Å². The van der Waals surface area contributed by atoms with Crippen molar-refractivity contribution in [3.8, 4) is 10.4 Å². The van der Waals surface area contributed by atoms with Crippen LogP contribution in [0.4, 0.5) is 0 Å². The van der Waals surface area contributed by atoms with Crippen molar-refractivity contribution in [3.63, 3.8) is 0 Å². The molecule has 24 heavy (non-hydrogen) atoms. The first-order chi connectivity index (χ1) is 11.4. The summed E-state index contributed by atoms with van der Waals surface area (Å²) >= 11 is 13.8. The van der Waals surface area contributed by atoms with Crippen LogP contribution in [0.15, 0.2) is 30.3 Å². The van der Waals surface area contributed by atoms with Gasteiger partial charge in [-0.1, -0.05) is 36.2 Å². The third-order valence-corrected chi connectivity index (χ3v) is 6.19. The topological polar surface area (TPSA) is 40.5 Å². The molecule has 1 aromatic heterocycles. The summed E-state index contributed by atoms with van der Waals surface area (Å²) in [4.78, 5) is 15.9. The molecule has 0 radical (unpaired) electrons. The molecule has 6 heteroatoms. The monoisotopic (exact) mass is 383 g/mol. The molecule has 1 saturated heterocycles. The van der Waals surface area contributed by atoms with Gasteiger partial charge in [0.15, 0.2) is 0 Å². The van der Waals surface area contributed by atoms with E-state index in [1.165, 1.54) is 4.88 Å². The minimum Gasteiger partial charge on any atom is -0.481 e. The van der Waals surface area contributed by atoms with Crippen LogP contribution in [0.2, 0.25) is 10.0 Å². The van der Waals surface area contributed by atoms with E-state index in [1.807, 2.05) is 18.2 Å². The van der Waals surface area contributed by atoms with E-state index in [2.05, 4.69) is 24.0 Å². The van der Waals surface area contributed by atoms with Crippen LogP contribution in [-0.4, -0.2) is 29.1 Å². The third kappa shape index (κ3) is 4.12. The Morgan fingerprint density at radius 1 is 1.25 bits per heavy atom. The predicted octanol–water partition coefficient (Wildman–Crippen LogP) is 5.26. The Kier molecular flexibility index (Phi) is 5.50. The van der Waals surface area contributed by atoms with Gasteiger partial charge in [-0.05, 0) is 42.2 Å². The molecule has 2 heterocycles. The van der Waals surface area contributed by atoms with Crippen LogP contribution >= 0.6 is 34.5 Å². The van der Waals surface area contributed by atoms with Crippen LogP contribution < -0.4 is 0 Å². The molecule has 0 amide bonds. The van der Waals surface area contributed by atoms with Gasteiger partial charge in [0.05, 0.1) is 16.0 Å². The number of benzene rings is 1. The number of rotatable bonds is 4. The smallest absolute Gasteiger partial charge is 0.307 e. The van der Waals surface area contributed by atoms with E-state index in [9.17, 15) is 9.90 Å². The fraction of sp³-hybridized carbons (Fsp3) is 0.389. The number of carboxylic acids is 1. The Labute approximate surface area is 155 Å². The van der Waals surface area contributed by atoms with E-state index in [0.29, 0.717) is 22.5 Å². The molecule has 1 fully saturated rings. The molecular weight excluding hydrogens is 365 g/mol. The highest BCUT2D eigenvalue weighted by Crippen LogP contribution is 2.33. The van der Waals surface area contributed by atoms with Crippen molar-refractivity contribution >= 4 is 40.5 Å². The number of carbonyl (C=O) groups is 1. The number of aliphatic carboxylic acids is 1. The molecule has 2 aromatic rings. The first kappa shape index (κ1) is 17.7. The van der Waals surface area contributed by atoms with Crippen molar-refractivity contribution in [1.82, 2.24) is 4.90 Å². The molecule has 128 valence electrons. The van der Waals surface area contributed by atoms with Crippen LogP contribution in [0.25, 0.3) is 10.4 Å². The second kappa shape index (κ2) is 7.44. The Morgan fingerprint density at radius 3 is 2.75 bits per heavy atom. The zero-order valence-corrected chi connectivity index (χ0v) is 15.7. The number of carboxylic acid groups (broad SMARTS) is 1. The average Bonchev–Trinajstić information content (AvgIpc) is 2.98. The number of likely N-dealkylation sites (tertiary alicyclic amines) is 1. The standard InChI is InChI=1S/C18H19Cl2NO2S/c1-11-6-13(18(22)23)9-21(8-11)10-14-3-5-17(24-14)12-2-4-15(19)16(20)7-12/h2-5,7,11,13H,6,8-10H2,1H3,(H,22,23).